The second-order valence-corrected chi connectivity index (χ2v) is 9.64. The molecule has 11 heteroatoms. The van der Waals surface area contributed by atoms with E-state index in [0.29, 0.717) is 63.5 Å². The van der Waals surface area contributed by atoms with Crippen molar-refractivity contribution >= 4 is 29.2 Å². The van der Waals surface area contributed by atoms with Crippen LogP contribution in [-0.4, -0.2) is 67.4 Å². The van der Waals surface area contributed by atoms with Crippen LogP contribution in [0.5, 0.6) is 0 Å². The largest absolute Gasteiger partial charge is 0.419 e. The van der Waals surface area contributed by atoms with Gasteiger partial charge in [-0.15, -0.1) is 0 Å². The molecular weight excluding hydrogens is 505 g/mol. The summed E-state index contributed by atoms with van der Waals surface area (Å²) in [6.07, 6.45) is -3.06. The first-order valence-corrected chi connectivity index (χ1v) is 12.6. The predicted molar refractivity (Wildman–Crippen MR) is 139 cm³/mol. The first kappa shape index (κ1) is 25.5. The molecule has 4 heterocycles. The van der Waals surface area contributed by atoms with E-state index in [4.69, 9.17) is 26.3 Å². The highest BCUT2D eigenvalue weighted by molar-refractivity contribution is 6.31. The number of halogens is 4. The zero-order valence-corrected chi connectivity index (χ0v) is 21.5. The summed E-state index contributed by atoms with van der Waals surface area (Å²) < 4.78 is 46.2. The van der Waals surface area contributed by atoms with Crippen molar-refractivity contribution in [3.05, 3.63) is 58.2 Å². The molecule has 2 aliphatic rings. The summed E-state index contributed by atoms with van der Waals surface area (Å²) in [5.74, 6) is 1.36. The van der Waals surface area contributed by atoms with Crippen molar-refractivity contribution in [3.8, 4) is 11.3 Å². The van der Waals surface area contributed by atoms with Crippen LogP contribution in [0.1, 0.15) is 16.7 Å². The number of hydrogen-bond acceptors (Lipinski definition) is 7. The van der Waals surface area contributed by atoms with E-state index in [-0.39, 0.29) is 5.82 Å². The average molecular weight is 533 g/mol. The van der Waals surface area contributed by atoms with Gasteiger partial charge in [0.1, 0.15) is 11.6 Å². The molecule has 0 N–H and O–H groups in total. The molecule has 0 radical (unpaired) electrons. The van der Waals surface area contributed by atoms with Crippen molar-refractivity contribution in [2.45, 2.75) is 20.0 Å². The number of piperazine rings is 1. The lowest BCUT2D eigenvalue weighted by molar-refractivity contribution is -0.137. The van der Waals surface area contributed by atoms with E-state index in [1.54, 1.807) is 4.90 Å². The van der Waals surface area contributed by atoms with Gasteiger partial charge in [0.05, 0.1) is 24.5 Å². The van der Waals surface area contributed by atoms with Crippen molar-refractivity contribution in [2.24, 2.45) is 0 Å². The van der Waals surface area contributed by atoms with Crippen molar-refractivity contribution in [2.75, 3.05) is 67.2 Å². The molecule has 2 saturated heterocycles. The van der Waals surface area contributed by atoms with Crippen molar-refractivity contribution < 1.29 is 17.9 Å². The predicted octanol–water partition coefficient (Wildman–Crippen LogP) is 4.99. The molecule has 3 aromatic rings. The minimum Gasteiger partial charge on any atom is -0.378 e. The first-order valence-electron chi connectivity index (χ1n) is 12.2. The van der Waals surface area contributed by atoms with E-state index in [0.717, 1.165) is 34.3 Å². The Hall–Kier alpha value is -3.11. The third-order valence-corrected chi connectivity index (χ3v) is 7.23. The van der Waals surface area contributed by atoms with Gasteiger partial charge in [-0.2, -0.15) is 18.2 Å². The van der Waals surface area contributed by atoms with Crippen LogP contribution in [0.15, 0.2) is 36.5 Å². The van der Waals surface area contributed by atoms with Gasteiger partial charge in [0.15, 0.2) is 0 Å². The monoisotopic (exact) mass is 532 g/mol. The number of nitrogens with zero attached hydrogens (tertiary/aromatic N) is 6. The topological polar surface area (TPSA) is 57.6 Å². The molecule has 5 rings (SSSR count). The van der Waals surface area contributed by atoms with Crippen LogP contribution in [-0.2, 0) is 10.9 Å². The van der Waals surface area contributed by atoms with Crippen LogP contribution in [0.3, 0.4) is 0 Å². The Labute approximate surface area is 218 Å². The van der Waals surface area contributed by atoms with Crippen LogP contribution in [0.4, 0.5) is 30.8 Å². The molecule has 0 spiro atoms. The molecule has 2 aliphatic heterocycles. The Balaban J connectivity index is 1.47. The summed E-state index contributed by atoms with van der Waals surface area (Å²) in [7, 11) is 0. The summed E-state index contributed by atoms with van der Waals surface area (Å²) in [5, 5.41) is 0.662. The highest BCUT2D eigenvalue weighted by Crippen LogP contribution is 2.37. The lowest BCUT2D eigenvalue weighted by atomic mass is 10.0. The zero-order chi connectivity index (χ0) is 26.2. The summed E-state index contributed by atoms with van der Waals surface area (Å²) in [5.41, 5.74) is 2.86. The minimum atomic E-state index is -4.46. The molecule has 7 nitrogen and oxygen atoms in total. The van der Waals surface area contributed by atoms with E-state index in [1.807, 2.05) is 32.0 Å². The minimum absolute atomic E-state index is 0.0296. The Morgan fingerprint density at radius 3 is 2.19 bits per heavy atom. The van der Waals surface area contributed by atoms with Crippen LogP contribution < -0.4 is 14.7 Å². The van der Waals surface area contributed by atoms with Gasteiger partial charge in [-0.05, 0) is 37.6 Å². The number of pyridine rings is 1. The van der Waals surface area contributed by atoms with Gasteiger partial charge in [0, 0.05) is 61.6 Å². The third-order valence-electron chi connectivity index (χ3n) is 6.82. The Morgan fingerprint density at radius 2 is 1.54 bits per heavy atom. The van der Waals surface area contributed by atoms with Gasteiger partial charge in [0.25, 0.3) is 0 Å². The van der Waals surface area contributed by atoms with Crippen LogP contribution >= 0.6 is 11.6 Å². The van der Waals surface area contributed by atoms with Gasteiger partial charge in [-0.1, -0.05) is 23.7 Å². The average Bonchev–Trinajstić information content (AvgIpc) is 2.91. The number of hydrogen-bond donors (Lipinski definition) is 0. The van der Waals surface area contributed by atoms with Crippen LogP contribution in [0.2, 0.25) is 5.02 Å². The number of morpholine rings is 1. The van der Waals surface area contributed by atoms with Gasteiger partial charge < -0.3 is 19.4 Å². The van der Waals surface area contributed by atoms with Crippen molar-refractivity contribution in [1.82, 2.24) is 15.0 Å². The summed E-state index contributed by atoms with van der Waals surface area (Å²) >= 11 is 6.44. The van der Waals surface area contributed by atoms with Crippen LogP contribution in [0, 0.1) is 13.8 Å². The quantitative estimate of drug-likeness (QED) is 0.469. The summed E-state index contributed by atoms with van der Waals surface area (Å²) in [6.45, 7) is 8.29. The molecule has 2 fully saturated rings. The molecule has 196 valence electrons. The Morgan fingerprint density at radius 1 is 0.865 bits per heavy atom. The van der Waals surface area contributed by atoms with Gasteiger partial charge in [0.2, 0.25) is 5.95 Å². The smallest absolute Gasteiger partial charge is 0.378 e. The maximum absolute atomic E-state index is 13.6. The fraction of sp³-hybridized carbons (Fsp3) is 0.423. The Kier molecular flexibility index (Phi) is 7.13. The maximum Gasteiger partial charge on any atom is 0.419 e. The molecule has 0 amide bonds. The molecular formula is C26H28ClF3N6O. The SMILES string of the molecule is Cc1ccc(-c2nc(N3CCOCC3)nc(N3CCN(c4ncccc4C(F)(F)F)CC3)c2C)cc1Cl. The summed E-state index contributed by atoms with van der Waals surface area (Å²) in [4.78, 5) is 19.8. The normalized spacial score (nSPS) is 16.9. The highest BCUT2D eigenvalue weighted by atomic mass is 35.5. The Bertz CT molecular complexity index is 1270. The van der Waals surface area contributed by atoms with E-state index in [2.05, 4.69) is 14.8 Å². The molecule has 0 aliphatic carbocycles. The highest BCUT2D eigenvalue weighted by Gasteiger charge is 2.36. The number of benzene rings is 1. The standard InChI is InChI=1S/C26H28ClF3N6O/c1-17-5-6-19(16-21(17)27)22-18(2)23(33-25(32-22)36-12-14-37-15-13-36)34-8-10-35(11-9-34)24-20(26(28,29)30)4-3-7-31-24/h3-7,16H,8-15H2,1-2H3. The second kappa shape index (κ2) is 10.3. The first-order chi connectivity index (χ1) is 17.7. The number of rotatable bonds is 4. The molecule has 0 atom stereocenters. The second-order valence-electron chi connectivity index (χ2n) is 9.23. The number of anilines is 3. The van der Waals surface area contributed by atoms with Crippen LogP contribution in [0.25, 0.3) is 11.3 Å². The lowest BCUT2D eigenvalue weighted by Crippen LogP contribution is -2.48. The number of aromatic nitrogens is 3. The molecule has 0 unspecified atom stereocenters. The fourth-order valence-electron chi connectivity index (χ4n) is 4.73. The molecule has 2 aromatic heterocycles. The van der Waals surface area contributed by atoms with Gasteiger partial charge >= 0.3 is 6.18 Å². The number of alkyl halides is 3. The lowest BCUT2D eigenvalue weighted by Gasteiger charge is -2.38. The fourth-order valence-corrected chi connectivity index (χ4v) is 4.91. The molecule has 0 saturated carbocycles. The number of aryl methyl sites for hydroxylation is 1. The van der Waals surface area contributed by atoms with E-state index >= 15 is 0 Å². The molecule has 37 heavy (non-hydrogen) atoms. The van der Waals surface area contributed by atoms with E-state index < -0.39 is 11.7 Å². The van der Waals surface area contributed by atoms with Crippen molar-refractivity contribution in [3.63, 3.8) is 0 Å². The molecule has 0 bridgehead atoms. The third kappa shape index (κ3) is 5.31. The number of ether oxygens (including phenoxy) is 1. The van der Waals surface area contributed by atoms with E-state index in [9.17, 15) is 13.2 Å². The maximum atomic E-state index is 13.6. The zero-order valence-electron chi connectivity index (χ0n) is 20.7. The van der Waals surface area contributed by atoms with Gasteiger partial charge in [-0.3, -0.25) is 0 Å². The van der Waals surface area contributed by atoms with Gasteiger partial charge in [-0.25, -0.2) is 9.97 Å². The van der Waals surface area contributed by atoms with E-state index in [1.165, 1.54) is 12.3 Å². The summed E-state index contributed by atoms with van der Waals surface area (Å²) in [6, 6.07) is 8.28. The van der Waals surface area contributed by atoms with Crippen molar-refractivity contribution in [1.29, 1.82) is 0 Å². The molecule has 1 aromatic carbocycles.